The summed E-state index contributed by atoms with van der Waals surface area (Å²) in [6.07, 6.45) is -4.36. The lowest BCUT2D eigenvalue weighted by Crippen LogP contribution is -2.48. The third-order valence-electron chi connectivity index (χ3n) is 2.73. The highest BCUT2D eigenvalue weighted by molar-refractivity contribution is 5.73. The van der Waals surface area contributed by atoms with E-state index in [1.165, 1.54) is 0 Å². The summed E-state index contributed by atoms with van der Waals surface area (Å²) in [5, 5.41) is 0. The number of hydrogen-bond donors (Lipinski definition) is 1. The summed E-state index contributed by atoms with van der Waals surface area (Å²) >= 11 is 0. The second kappa shape index (κ2) is 6.97. The standard InChI is InChI=1S/C12H22F3NO2/c1-5-8(4)18-11(17)9(6-7(2)3)10(16)12(13,14)15/h7-10H,5-6,16H2,1-4H3/t8?,9-,10-/m0/s1. The SMILES string of the molecule is CCC(C)OC(=O)[C@@H](CC(C)C)[C@H](N)C(F)(F)F. The van der Waals surface area contributed by atoms with Crippen LogP contribution in [0, 0.1) is 11.8 Å². The lowest BCUT2D eigenvalue weighted by atomic mass is 9.90. The average Bonchev–Trinajstić information content (AvgIpc) is 2.22. The van der Waals surface area contributed by atoms with Gasteiger partial charge in [0.15, 0.2) is 0 Å². The molecule has 0 aromatic rings. The number of alkyl halides is 3. The van der Waals surface area contributed by atoms with Crippen LogP contribution in [-0.4, -0.2) is 24.3 Å². The van der Waals surface area contributed by atoms with Crippen molar-refractivity contribution in [1.29, 1.82) is 0 Å². The molecule has 0 saturated heterocycles. The molecule has 0 spiro atoms. The van der Waals surface area contributed by atoms with Gasteiger partial charge in [-0.2, -0.15) is 13.2 Å². The van der Waals surface area contributed by atoms with Gasteiger partial charge < -0.3 is 10.5 Å². The minimum Gasteiger partial charge on any atom is -0.462 e. The molecule has 0 aliphatic carbocycles. The highest BCUT2D eigenvalue weighted by atomic mass is 19.4. The second-order valence-corrected chi connectivity index (χ2v) is 4.96. The Balaban J connectivity index is 4.83. The summed E-state index contributed by atoms with van der Waals surface area (Å²) in [4.78, 5) is 11.7. The van der Waals surface area contributed by atoms with Crippen LogP contribution in [0.2, 0.25) is 0 Å². The molecular formula is C12H22F3NO2. The zero-order valence-corrected chi connectivity index (χ0v) is 11.3. The van der Waals surface area contributed by atoms with Crippen LogP contribution in [0.3, 0.4) is 0 Å². The highest BCUT2D eigenvalue weighted by Crippen LogP contribution is 2.29. The van der Waals surface area contributed by atoms with Gasteiger partial charge in [-0.1, -0.05) is 20.8 Å². The Morgan fingerprint density at radius 2 is 1.78 bits per heavy atom. The Morgan fingerprint density at radius 3 is 2.11 bits per heavy atom. The van der Waals surface area contributed by atoms with E-state index in [2.05, 4.69) is 0 Å². The van der Waals surface area contributed by atoms with Gasteiger partial charge in [0.05, 0.1) is 12.0 Å². The molecular weight excluding hydrogens is 247 g/mol. The molecule has 0 aromatic carbocycles. The van der Waals surface area contributed by atoms with Crippen molar-refractivity contribution in [3.8, 4) is 0 Å². The van der Waals surface area contributed by atoms with Crippen LogP contribution >= 0.6 is 0 Å². The largest absolute Gasteiger partial charge is 0.462 e. The molecule has 0 fully saturated rings. The summed E-state index contributed by atoms with van der Waals surface area (Å²) in [5.74, 6) is -2.25. The normalized spacial score (nSPS) is 17.4. The minimum atomic E-state index is -4.59. The molecule has 0 bridgehead atoms. The fraction of sp³-hybridized carbons (Fsp3) is 0.917. The van der Waals surface area contributed by atoms with Gasteiger partial charge >= 0.3 is 12.1 Å². The molecule has 0 aliphatic heterocycles. The van der Waals surface area contributed by atoms with Crippen LogP contribution in [0.15, 0.2) is 0 Å². The first-order valence-corrected chi connectivity index (χ1v) is 6.12. The molecule has 0 amide bonds. The Labute approximate surface area is 106 Å². The number of nitrogens with two attached hydrogens (primary N) is 1. The molecule has 108 valence electrons. The van der Waals surface area contributed by atoms with E-state index in [1.807, 2.05) is 0 Å². The van der Waals surface area contributed by atoms with Gasteiger partial charge in [-0.25, -0.2) is 0 Å². The van der Waals surface area contributed by atoms with E-state index in [-0.39, 0.29) is 12.3 Å². The van der Waals surface area contributed by atoms with Crippen molar-refractivity contribution >= 4 is 5.97 Å². The third kappa shape index (κ3) is 5.71. The molecule has 0 rings (SSSR count). The Hall–Kier alpha value is -0.780. The molecule has 0 aliphatic rings. The average molecular weight is 269 g/mol. The second-order valence-electron chi connectivity index (χ2n) is 4.96. The first-order valence-electron chi connectivity index (χ1n) is 6.12. The number of carbonyl (C=O) groups is 1. The van der Waals surface area contributed by atoms with Crippen molar-refractivity contribution in [3.05, 3.63) is 0 Å². The maximum atomic E-state index is 12.6. The third-order valence-corrected chi connectivity index (χ3v) is 2.73. The van der Waals surface area contributed by atoms with Crippen molar-refractivity contribution in [1.82, 2.24) is 0 Å². The number of hydrogen-bond acceptors (Lipinski definition) is 3. The van der Waals surface area contributed by atoms with Crippen LogP contribution in [-0.2, 0) is 9.53 Å². The van der Waals surface area contributed by atoms with Gasteiger partial charge in [0.2, 0.25) is 0 Å². The van der Waals surface area contributed by atoms with Gasteiger partial charge in [0.25, 0.3) is 0 Å². The van der Waals surface area contributed by atoms with Gasteiger partial charge in [-0.3, -0.25) is 4.79 Å². The zero-order valence-electron chi connectivity index (χ0n) is 11.3. The first kappa shape index (κ1) is 17.2. The van der Waals surface area contributed by atoms with Gasteiger partial charge in [0.1, 0.15) is 6.04 Å². The Morgan fingerprint density at radius 1 is 1.28 bits per heavy atom. The quantitative estimate of drug-likeness (QED) is 0.754. The molecule has 0 saturated carbocycles. The fourth-order valence-electron chi connectivity index (χ4n) is 1.49. The first-order chi connectivity index (χ1) is 8.09. The van der Waals surface area contributed by atoms with Crippen LogP contribution < -0.4 is 5.73 Å². The van der Waals surface area contributed by atoms with E-state index >= 15 is 0 Å². The van der Waals surface area contributed by atoms with Crippen LogP contribution in [0.1, 0.15) is 40.5 Å². The van der Waals surface area contributed by atoms with E-state index in [4.69, 9.17) is 10.5 Å². The topological polar surface area (TPSA) is 52.3 Å². The molecule has 6 heteroatoms. The maximum Gasteiger partial charge on any atom is 0.404 e. The predicted octanol–water partition coefficient (Wildman–Crippen LogP) is 2.88. The molecule has 3 nitrogen and oxygen atoms in total. The van der Waals surface area contributed by atoms with Gasteiger partial charge in [-0.15, -0.1) is 0 Å². The lowest BCUT2D eigenvalue weighted by molar-refractivity contribution is -0.180. The number of ether oxygens (including phenoxy) is 1. The molecule has 0 radical (unpaired) electrons. The zero-order chi connectivity index (χ0) is 14.5. The van der Waals surface area contributed by atoms with E-state index < -0.39 is 30.2 Å². The smallest absolute Gasteiger partial charge is 0.404 e. The van der Waals surface area contributed by atoms with E-state index in [0.717, 1.165) is 0 Å². The van der Waals surface area contributed by atoms with Crippen molar-refractivity contribution < 1.29 is 22.7 Å². The molecule has 1 unspecified atom stereocenters. The van der Waals surface area contributed by atoms with Crippen LogP contribution in [0.4, 0.5) is 13.2 Å². The van der Waals surface area contributed by atoms with Crippen LogP contribution in [0.5, 0.6) is 0 Å². The van der Waals surface area contributed by atoms with E-state index in [1.54, 1.807) is 27.7 Å². The monoisotopic (exact) mass is 269 g/mol. The summed E-state index contributed by atoms with van der Waals surface area (Å²) < 4.78 is 42.7. The molecule has 2 N–H and O–H groups in total. The minimum absolute atomic E-state index is 0.0621. The molecule has 0 heterocycles. The number of halogens is 3. The van der Waals surface area contributed by atoms with E-state index in [9.17, 15) is 18.0 Å². The van der Waals surface area contributed by atoms with E-state index in [0.29, 0.717) is 6.42 Å². The van der Waals surface area contributed by atoms with Gasteiger partial charge in [-0.05, 0) is 25.7 Å². The Kier molecular flexibility index (Phi) is 6.67. The molecule has 18 heavy (non-hydrogen) atoms. The Bertz CT molecular complexity index is 267. The van der Waals surface area contributed by atoms with Gasteiger partial charge in [0, 0.05) is 0 Å². The van der Waals surface area contributed by atoms with Crippen molar-refractivity contribution in [3.63, 3.8) is 0 Å². The number of carbonyl (C=O) groups excluding carboxylic acids is 1. The van der Waals surface area contributed by atoms with Crippen LogP contribution in [0.25, 0.3) is 0 Å². The summed E-state index contributed by atoms with van der Waals surface area (Å²) in [6.45, 7) is 6.92. The summed E-state index contributed by atoms with van der Waals surface area (Å²) in [7, 11) is 0. The molecule has 0 aromatic heterocycles. The highest BCUT2D eigenvalue weighted by Gasteiger charge is 2.45. The lowest BCUT2D eigenvalue weighted by Gasteiger charge is -2.26. The number of esters is 1. The predicted molar refractivity (Wildman–Crippen MR) is 62.8 cm³/mol. The van der Waals surface area contributed by atoms with Crippen molar-refractivity contribution in [2.75, 3.05) is 0 Å². The van der Waals surface area contributed by atoms with Crippen molar-refractivity contribution in [2.45, 2.75) is 58.9 Å². The summed E-state index contributed by atoms with van der Waals surface area (Å²) in [6, 6.07) is -2.17. The maximum absolute atomic E-state index is 12.6. The fourth-order valence-corrected chi connectivity index (χ4v) is 1.49. The molecule has 3 atom stereocenters. The van der Waals surface area contributed by atoms with Crippen molar-refractivity contribution in [2.24, 2.45) is 17.6 Å². The summed E-state index contributed by atoms with van der Waals surface area (Å²) in [5.41, 5.74) is 5.14. The number of rotatable bonds is 6.